The summed E-state index contributed by atoms with van der Waals surface area (Å²) in [5.74, 6) is -1.71. The molecule has 0 bridgehead atoms. The number of rotatable bonds is 2. The van der Waals surface area contributed by atoms with Crippen molar-refractivity contribution in [2.45, 2.75) is 26.2 Å². The minimum absolute atomic E-state index is 0.0604. The number of carboxylic acid groups (broad SMARTS) is 1. The van der Waals surface area contributed by atoms with E-state index in [2.05, 4.69) is 10.3 Å². The first-order valence-corrected chi connectivity index (χ1v) is 6.24. The van der Waals surface area contributed by atoms with Gasteiger partial charge in [-0.05, 0) is 18.2 Å². The number of nitrogens with zero attached hydrogens (tertiary/aromatic N) is 3. The SMILES string of the molecule is CC(C)(C)c1c(C(=O)O)nnn1-c1ccc(F)c(Cl)c1. The Morgan fingerprint density at radius 3 is 2.55 bits per heavy atom. The van der Waals surface area contributed by atoms with E-state index in [1.54, 1.807) is 0 Å². The van der Waals surface area contributed by atoms with Crippen LogP contribution >= 0.6 is 11.6 Å². The van der Waals surface area contributed by atoms with Crippen LogP contribution in [0.5, 0.6) is 0 Å². The topological polar surface area (TPSA) is 68.0 Å². The van der Waals surface area contributed by atoms with Gasteiger partial charge in [0, 0.05) is 5.41 Å². The fourth-order valence-corrected chi connectivity index (χ4v) is 2.07. The fourth-order valence-electron chi connectivity index (χ4n) is 1.90. The quantitative estimate of drug-likeness (QED) is 0.925. The normalized spacial score (nSPS) is 11.7. The van der Waals surface area contributed by atoms with Crippen LogP contribution in [0.25, 0.3) is 5.69 Å². The van der Waals surface area contributed by atoms with Gasteiger partial charge in [0.05, 0.1) is 16.4 Å². The standard InChI is InChI=1S/C13H13ClFN3O2/c1-13(2,3)11-10(12(19)20)16-17-18(11)7-4-5-9(15)8(14)6-7/h4-6H,1-3H3,(H,19,20). The van der Waals surface area contributed by atoms with Crippen molar-refractivity contribution in [3.05, 3.63) is 40.4 Å². The highest BCUT2D eigenvalue weighted by Crippen LogP contribution is 2.28. The van der Waals surface area contributed by atoms with Gasteiger partial charge in [-0.1, -0.05) is 37.6 Å². The summed E-state index contributed by atoms with van der Waals surface area (Å²) < 4.78 is 14.6. The lowest BCUT2D eigenvalue weighted by Crippen LogP contribution is -2.21. The van der Waals surface area contributed by atoms with Crippen molar-refractivity contribution in [2.24, 2.45) is 0 Å². The average Bonchev–Trinajstić information content (AvgIpc) is 2.77. The highest BCUT2D eigenvalue weighted by molar-refractivity contribution is 6.30. The minimum atomic E-state index is -1.16. The summed E-state index contributed by atoms with van der Waals surface area (Å²) in [7, 11) is 0. The predicted molar refractivity (Wildman–Crippen MR) is 72.0 cm³/mol. The number of aromatic nitrogens is 3. The summed E-state index contributed by atoms with van der Waals surface area (Å²) in [6, 6.07) is 4.05. The van der Waals surface area contributed by atoms with Gasteiger partial charge >= 0.3 is 5.97 Å². The van der Waals surface area contributed by atoms with Crippen molar-refractivity contribution in [3.63, 3.8) is 0 Å². The molecule has 0 saturated heterocycles. The Bertz CT molecular complexity index is 677. The Hall–Kier alpha value is -1.95. The van der Waals surface area contributed by atoms with E-state index in [-0.39, 0.29) is 10.7 Å². The van der Waals surface area contributed by atoms with Gasteiger partial charge in [-0.25, -0.2) is 13.9 Å². The van der Waals surface area contributed by atoms with E-state index in [0.29, 0.717) is 11.4 Å². The Balaban J connectivity index is 2.68. The van der Waals surface area contributed by atoms with Crippen LogP contribution in [0.4, 0.5) is 4.39 Å². The van der Waals surface area contributed by atoms with Crippen LogP contribution in [0.15, 0.2) is 18.2 Å². The van der Waals surface area contributed by atoms with Crippen molar-refractivity contribution >= 4 is 17.6 Å². The van der Waals surface area contributed by atoms with Gasteiger partial charge < -0.3 is 5.11 Å². The second-order valence-electron chi connectivity index (χ2n) is 5.35. The van der Waals surface area contributed by atoms with Crippen LogP contribution in [0.3, 0.4) is 0 Å². The predicted octanol–water partition coefficient (Wildman–Crippen LogP) is 3.06. The second kappa shape index (κ2) is 4.86. The van der Waals surface area contributed by atoms with Crippen molar-refractivity contribution in [2.75, 3.05) is 0 Å². The molecule has 1 aromatic heterocycles. The lowest BCUT2D eigenvalue weighted by molar-refractivity contribution is 0.0687. The third-order valence-corrected chi connectivity index (χ3v) is 3.02. The minimum Gasteiger partial charge on any atom is -0.476 e. The molecule has 1 aromatic carbocycles. The van der Waals surface area contributed by atoms with Crippen LogP contribution in [0.1, 0.15) is 37.0 Å². The van der Waals surface area contributed by atoms with Gasteiger partial charge in [0.25, 0.3) is 0 Å². The van der Waals surface area contributed by atoms with Crippen LogP contribution in [-0.4, -0.2) is 26.1 Å². The van der Waals surface area contributed by atoms with E-state index < -0.39 is 17.2 Å². The van der Waals surface area contributed by atoms with E-state index in [1.165, 1.54) is 22.9 Å². The number of benzene rings is 1. The van der Waals surface area contributed by atoms with Gasteiger partial charge in [0.2, 0.25) is 0 Å². The summed E-state index contributed by atoms with van der Waals surface area (Å²) >= 11 is 5.75. The lowest BCUT2D eigenvalue weighted by atomic mass is 9.90. The molecule has 0 atom stereocenters. The van der Waals surface area contributed by atoms with Crippen LogP contribution in [0, 0.1) is 5.82 Å². The molecular formula is C13H13ClFN3O2. The lowest BCUT2D eigenvalue weighted by Gasteiger charge is -2.20. The number of hydrogen-bond donors (Lipinski definition) is 1. The summed E-state index contributed by atoms with van der Waals surface area (Å²) in [6.07, 6.45) is 0. The van der Waals surface area contributed by atoms with E-state index >= 15 is 0 Å². The molecule has 0 aliphatic rings. The van der Waals surface area contributed by atoms with Crippen LogP contribution in [-0.2, 0) is 5.41 Å². The number of halogens is 2. The number of aromatic carboxylic acids is 1. The largest absolute Gasteiger partial charge is 0.476 e. The molecule has 1 N–H and O–H groups in total. The molecule has 0 aliphatic carbocycles. The van der Waals surface area contributed by atoms with Crippen LogP contribution < -0.4 is 0 Å². The average molecular weight is 298 g/mol. The molecule has 0 amide bonds. The number of hydrogen-bond acceptors (Lipinski definition) is 3. The van der Waals surface area contributed by atoms with Crippen molar-refractivity contribution in [1.29, 1.82) is 0 Å². The second-order valence-corrected chi connectivity index (χ2v) is 5.76. The van der Waals surface area contributed by atoms with Crippen LogP contribution in [0.2, 0.25) is 5.02 Å². The molecule has 20 heavy (non-hydrogen) atoms. The molecule has 0 spiro atoms. The molecule has 7 heteroatoms. The Morgan fingerprint density at radius 2 is 2.05 bits per heavy atom. The Morgan fingerprint density at radius 1 is 1.40 bits per heavy atom. The van der Waals surface area contributed by atoms with Gasteiger partial charge in [0.15, 0.2) is 5.69 Å². The van der Waals surface area contributed by atoms with Gasteiger partial charge in [-0.3, -0.25) is 0 Å². The zero-order valence-electron chi connectivity index (χ0n) is 11.2. The first-order chi connectivity index (χ1) is 9.21. The summed E-state index contributed by atoms with van der Waals surface area (Å²) in [5.41, 5.74) is 0.255. The van der Waals surface area contributed by atoms with Crippen molar-refractivity contribution < 1.29 is 14.3 Å². The molecule has 1 heterocycles. The fraction of sp³-hybridized carbons (Fsp3) is 0.308. The highest BCUT2D eigenvalue weighted by Gasteiger charge is 2.29. The highest BCUT2D eigenvalue weighted by atomic mass is 35.5. The molecule has 2 aromatic rings. The van der Waals surface area contributed by atoms with E-state index in [9.17, 15) is 14.3 Å². The molecule has 2 rings (SSSR count). The molecule has 5 nitrogen and oxygen atoms in total. The van der Waals surface area contributed by atoms with Crippen molar-refractivity contribution in [1.82, 2.24) is 15.0 Å². The zero-order valence-corrected chi connectivity index (χ0v) is 11.9. The maximum Gasteiger partial charge on any atom is 0.358 e. The Kier molecular flexibility index (Phi) is 3.52. The number of carbonyl (C=O) groups is 1. The molecule has 0 fully saturated rings. The number of carboxylic acids is 1. The van der Waals surface area contributed by atoms with E-state index in [1.807, 2.05) is 20.8 Å². The first-order valence-electron chi connectivity index (χ1n) is 5.86. The molecule has 0 aliphatic heterocycles. The summed E-state index contributed by atoms with van der Waals surface area (Å²) in [4.78, 5) is 11.2. The van der Waals surface area contributed by atoms with Gasteiger partial charge in [-0.15, -0.1) is 5.10 Å². The van der Waals surface area contributed by atoms with Gasteiger partial charge in [0.1, 0.15) is 5.82 Å². The first kappa shape index (κ1) is 14.5. The molecule has 0 unspecified atom stereocenters. The zero-order chi connectivity index (χ0) is 15.1. The van der Waals surface area contributed by atoms with Crippen molar-refractivity contribution in [3.8, 4) is 5.69 Å². The molecular weight excluding hydrogens is 285 g/mol. The molecule has 0 saturated carbocycles. The molecule has 0 radical (unpaired) electrons. The third kappa shape index (κ3) is 2.51. The maximum absolute atomic E-state index is 13.2. The van der Waals surface area contributed by atoms with Gasteiger partial charge in [-0.2, -0.15) is 0 Å². The van der Waals surface area contributed by atoms with E-state index in [0.717, 1.165) is 0 Å². The van der Waals surface area contributed by atoms with E-state index in [4.69, 9.17) is 11.6 Å². The Labute approximate surface area is 120 Å². The monoisotopic (exact) mass is 297 g/mol. The third-order valence-electron chi connectivity index (χ3n) is 2.73. The smallest absolute Gasteiger partial charge is 0.358 e. The molecule has 106 valence electrons. The summed E-state index contributed by atoms with van der Waals surface area (Å²) in [5, 5.41) is 16.7. The summed E-state index contributed by atoms with van der Waals surface area (Å²) in [6.45, 7) is 5.54. The maximum atomic E-state index is 13.2.